The van der Waals surface area contributed by atoms with Gasteiger partial charge in [-0.3, -0.25) is 4.79 Å². The van der Waals surface area contributed by atoms with E-state index < -0.39 is 12.1 Å². The van der Waals surface area contributed by atoms with Gasteiger partial charge in [-0.05, 0) is 12.0 Å². The molecule has 0 amide bonds. The second-order valence-electron chi connectivity index (χ2n) is 2.94. The molecule has 0 aliphatic heterocycles. The van der Waals surface area contributed by atoms with Gasteiger partial charge in [0, 0.05) is 0 Å². The van der Waals surface area contributed by atoms with Crippen molar-refractivity contribution < 1.29 is 15.0 Å². The zero-order valence-corrected chi connectivity index (χ0v) is 7.18. The number of carboxylic acids is 1. The average Bonchev–Trinajstić information content (AvgIpc) is 2.04. The molecular weight excluding hydrogens is 168 g/mol. The monoisotopic (exact) mass is 180 g/mol. The third-order valence-corrected chi connectivity index (χ3v) is 1.72. The van der Waals surface area contributed by atoms with Crippen molar-refractivity contribution in [3.05, 3.63) is 35.9 Å². The van der Waals surface area contributed by atoms with Crippen molar-refractivity contribution in [1.82, 2.24) is 0 Å². The summed E-state index contributed by atoms with van der Waals surface area (Å²) in [4.78, 5) is 10.2. The highest BCUT2D eigenvalue weighted by molar-refractivity contribution is 5.67. The van der Waals surface area contributed by atoms with Crippen molar-refractivity contribution in [2.45, 2.75) is 18.9 Å². The lowest BCUT2D eigenvalue weighted by Crippen LogP contribution is -2.15. The maximum Gasteiger partial charge on any atom is 0.305 e. The van der Waals surface area contributed by atoms with Crippen molar-refractivity contribution >= 4 is 5.97 Å². The summed E-state index contributed by atoms with van der Waals surface area (Å²) in [7, 11) is 0. The van der Waals surface area contributed by atoms with Crippen molar-refractivity contribution in [3.63, 3.8) is 0 Å². The molecule has 0 unspecified atom stereocenters. The molecule has 13 heavy (non-hydrogen) atoms. The zero-order valence-electron chi connectivity index (χ0n) is 7.18. The molecule has 0 aromatic heterocycles. The number of carbonyl (C=O) groups is 1. The summed E-state index contributed by atoms with van der Waals surface area (Å²) in [6, 6.07) is 9.34. The van der Waals surface area contributed by atoms with Crippen LogP contribution in [0.25, 0.3) is 0 Å². The van der Waals surface area contributed by atoms with E-state index in [2.05, 4.69) is 0 Å². The molecule has 0 aliphatic rings. The van der Waals surface area contributed by atoms with Crippen molar-refractivity contribution in [2.75, 3.05) is 0 Å². The molecule has 0 saturated carbocycles. The molecule has 0 radical (unpaired) electrons. The lowest BCUT2D eigenvalue weighted by Gasteiger charge is -2.06. The van der Waals surface area contributed by atoms with Gasteiger partial charge in [-0.1, -0.05) is 30.3 Å². The largest absolute Gasteiger partial charge is 0.481 e. The highest BCUT2D eigenvalue weighted by atomic mass is 16.4. The number of benzene rings is 1. The van der Waals surface area contributed by atoms with Gasteiger partial charge in [0.2, 0.25) is 0 Å². The van der Waals surface area contributed by atoms with Crippen molar-refractivity contribution in [1.29, 1.82) is 0 Å². The number of aliphatic carboxylic acids is 1. The molecular formula is C10H12O3. The van der Waals surface area contributed by atoms with Gasteiger partial charge in [0.15, 0.2) is 0 Å². The Morgan fingerprint density at radius 3 is 2.46 bits per heavy atom. The molecule has 0 aliphatic carbocycles. The number of carboxylic acid groups (broad SMARTS) is 1. The van der Waals surface area contributed by atoms with Crippen molar-refractivity contribution in [2.24, 2.45) is 0 Å². The van der Waals surface area contributed by atoms with E-state index in [0.717, 1.165) is 5.56 Å². The Kier molecular flexibility index (Phi) is 3.46. The van der Waals surface area contributed by atoms with Gasteiger partial charge in [-0.15, -0.1) is 0 Å². The number of aliphatic hydroxyl groups is 1. The maximum atomic E-state index is 10.2. The second kappa shape index (κ2) is 4.62. The van der Waals surface area contributed by atoms with Crippen LogP contribution in [0.4, 0.5) is 0 Å². The van der Waals surface area contributed by atoms with Crippen LogP contribution in [-0.4, -0.2) is 22.3 Å². The van der Waals surface area contributed by atoms with Crippen LogP contribution in [0.15, 0.2) is 30.3 Å². The van der Waals surface area contributed by atoms with Crippen LogP contribution < -0.4 is 0 Å². The quantitative estimate of drug-likeness (QED) is 0.728. The van der Waals surface area contributed by atoms with Gasteiger partial charge >= 0.3 is 5.97 Å². The Hall–Kier alpha value is -1.35. The summed E-state index contributed by atoms with van der Waals surface area (Å²) in [6.45, 7) is 0. The van der Waals surface area contributed by atoms with E-state index in [0.29, 0.717) is 6.42 Å². The van der Waals surface area contributed by atoms with Crippen LogP contribution >= 0.6 is 0 Å². The fourth-order valence-electron chi connectivity index (χ4n) is 1.16. The molecule has 0 spiro atoms. The van der Waals surface area contributed by atoms with Crippen molar-refractivity contribution in [3.8, 4) is 0 Å². The van der Waals surface area contributed by atoms with Gasteiger partial charge in [-0.25, -0.2) is 0 Å². The van der Waals surface area contributed by atoms with Gasteiger partial charge in [0.1, 0.15) is 0 Å². The summed E-state index contributed by atoms with van der Waals surface area (Å²) in [6.07, 6.45) is -0.595. The lowest BCUT2D eigenvalue weighted by molar-refractivity contribution is -0.139. The van der Waals surface area contributed by atoms with Crippen LogP contribution in [0.3, 0.4) is 0 Å². The van der Waals surface area contributed by atoms with Gasteiger partial charge in [-0.2, -0.15) is 0 Å². The molecule has 3 heteroatoms. The second-order valence-corrected chi connectivity index (χ2v) is 2.94. The van der Waals surface area contributed by atoms with E-state index in [-0.39, 0.29) is 6.42 Å². The summed E-state index contributed by atoms with van der Waals surface area (Å²) in [5.41, 5.74) is 0.955. The fourth-order valence-corrected chi connectivity index (χ4v) is 1.16. The van der Waals surface area contributed by atoms with Gasteiger partial charge < -0.3 is 10.2 Å². The molecule has 70 valence electrons. The van der Waals surface area contributed by atoms with Crippen LogP contribution in [0, 0.1) is 0 Å². The Morgan fingerprint density at radius 1 is 1.31 bits per heavy atom. The summed E-state index contributed by atoms with van der Waals surface area (Å²) < 4.78 is 0. The molecule has 0 saturated heterocycles. The van der Waals surface area contributed by atoms with E-state index >= 15 is 0 Å². The standard InChI is InChI=1S/C10H12O3/c11-9(7-10(12)13)6-8-4-2-1-3-5-8/h1-5,9,11H,6-7H2,(H,12,13)/t9-/m0/s1. The SMILES string of the molecule is O=C(O)C[C@@H](O)Cc1ccccc1. The Labute approximate surface area is 76.6 Å². The molecule has 0 fully saturated rings. The number of hydrogen-bond acceptors (Lipinski definition) is 2. The normalized spacial score (nSPS) is 12.4. The molecule has 0 heterocycles. The molecule has 1 rings (SSSR count). The predicted octanol–water partition coefficient (Wildman–Crippen LogP) is 1.06. The minimum absolute atomic E-state index is 0.200. The predicted molar refractivity (Wildman–Crippen MR) is 48.4 cm³/mol. The topological polar surface area (TPSA) is 57.5 Å². The first kappa shape index (κ1) is 9.74. The minimum Gasteiger partial charge on any atom is -0.481 e. The Bertz CT molecular complexity index is 269. The summed E-state index contributed by atoms with van der Waals surface area (Å²) >= 11 is 0. The van der Waals surface area contributed by atoms with Crippen LogP contribution in [0.5, 0.6) is 0 Å². The maximum absolute atomic E-state index is 10.2. The number of hydrogen-bond donors (Lipinski definition) is 2. The Morgan fingerprint density at radius 2 is 1.92 bits per heavy atom. The highest BCUT2D eigenvalue weighted by Gasteiger charge is 2.09. The molecule has 0 bridgehead atoms. The van der Waals surface area contributed by atoms with E-state index in [1.807, 2.05) is 30.3 Å². The van der Waals surface area contributed by atoms with Crippen LogP contribution in [-0.2, 0) is 11.2 Å². The zero-order chi connectivity index (χ0) is 9.68. The van der Waals surface area contributed by atoms with Crippen LogP contribution in [0.2, 0.25) is 0 Å². The first-order valence-electron chi connectivity index (χ1n) is 4.12. The number of aliphatic hydroxyl groups excluding tert-OH is 1. The smallest absolute Gasteiger partial charge is 0.305 e. The lowest BCUT2D eigenvalue weighted by atomic mass is 10.1. The summed E-state index contributed by atoms with van der Waals surface area (Å²) in [5, 5.41) is 17.7. The van der Waals surface area contributed by atoms with E-state index in [1.54, 1.807) is 0 Å². The van der Waals surface area contributed by atoms with E-state index in [1.165, 1.54) is 0 Å². The first-order valence-corrected chi connectivity index (χ1v) is 4.12. The van der Waals surface area contributed by atoms with Gasteiger partial charge in [0.25, 0.3) is 0 Å². The molecule has 1 atom stereocenters. The van der Waals surface area contributed by atoms with E-state index in [4.69, 9.17) is 5.11 Å². The summed E-state index contributed by atoms with van der Waals surface area (Å²) in [5.74, 6) is -0.969. The molecule has 2 N–H and O–H groups in total. The molecule has 1 aromatic carbocycles. The number of rotatable bonds is 4. The fraction of sp³-hybridized carbons (Fsp3) is 0.300. The third kappa shape index (κ3) is 3.71. The Balaban J connectivity index is 2.45. The average molecular weight is 180 g/mol. The van der Waals surface area contributed by atoms with E-state index in [9.17, 15) is 9.90 Å². The third-order valence-electron chi connectivity index (χ3n) is 1.72. The molecule has 1 aromatic rings. The van der Waals surface area contributed by atoms with Crippen LogP contribution in [0.1, 0.15) is 12.0 Å². The highest BCUT2D eigenvalue weighted by Crippen LogP contribution is 2.05. The first-order chi connectivity index (χ1) is 6.18. The molecule has 3 nitrogen and oxygen atoms in total. The van der Waals surface area contributed by atoms with Gasteiger partial charge in [0.05, 0.1) is 12.5 Å². The minimum atomic E-state index is -0.969.